The smallest absolute Gasteiger partial charge is 0.317 e. The number of benzene rings is 2. The Kier molecular flexibility index (Phi) is 6.34. The Hall–Kier alpha value is -3.61. The lowest BCUT2D eigenvalue weighted by Gasteiger charge is -2.30. The molecule has 7 nitrogen and oxygen atoms in total. The highest BCUT2D eigenvalue weighted by Gasteiger charge is 2.40. The van der Waals surface area contributed by atoms with Gasteiger partial charge in [-0.1, -0.05) is 61.5 Å². The van der Waals surface area contributed by atoms with Crippen LogP contribution in [0.1, 0.15) is 39.1 Å². The summed E-state index contributed by atoms with van der Waals surface area (Å²) in [5.74, 6) is 2.06. The summed E-state index contributed by atoms with van der Waals surface area (Å²) in [5.41, 5.74) is 2.21. The van der Waals surface area contributed by atoms with Crippen LogP contribution in [0.4, 0.5) is 4.79 Å². The Balaban J connectivity index is 0.000000164. The topological polar surface area (TPSA) is 76.2 Å². The number of rotatable bonds is 3. The zero-order chi connectivity index (χ0) is 23.5. The van der Waals surface area contributed by atoms with Gasteiger partial charge < -0.3 is 10.2 Å². The fraction of sp³-hybridized carbons (Fsp3) is 0.370. The van der Waals surface area contributed by atoms with Gasteiger partial charge in [0.1, 0.15) is 5.69 Å². The van der Waals surface area contributed by atoms with Crippen molar-refractivity contribution in [2.45, 2.75) is 38.1 Å². The Morgan fingerprint density at radius 2 is 1.79 bits per heavy atom. The molecule has 178 valence electrons. The second kappa shape index (κ2) is 9.71. The van der Waals surface area contributed by atoms with Gasteiger partial charge in [-0.2, -0.15) is 4.74 Å². The molecular weight excluding hydrogens is 426 g/mol. The minimum Gasteiger partial charge on any atom is -0.335 e. The number of carbonyl (C=O) groups is 1. The molecule has 2 unspecified atom stereocenters. The van der Waals surface area contributed by atoms with Crippen molar-refractivity contribution in [1.82, 2.24) is 25.1 Å². The Labute approximate surface area is 201 Å². The van der Waals surface area contributed by atoms with Crippen LogP contribution in [0.3, 0.4) is 0 Å². The molecule has 1 aliphatic carbocycles. The van der Waals surface area contributed by atoms with Gasteiger partial charge in [-0.25, -0.2) is 4.79 Å². The molecule has 6 rings (SSSR count). The van der Waals surface area contributed by atoms with Gasteiger partial charge in [0.25, 0.3) is 0 Å². The van der Waals surface area contributed by atoms with Crippen molar-refractivity contribution in [3.05, 3.63) is 72.4 Å². The molecule has 1 saturated heterocycles. The fourth-order valence-electron chi connectivity index (χ4n) is 4.54. The van der Waals surface area contributed by atoms with Gasteiger partial charge in [0, 0.05) is 45.1 Å². The van der Waals surface area contributed by atoms with Gasteiger partial charge in [-0.3, -0.25) is 9.61 Å². The number of hydrogen-bond donors (Lipinski definition) is 1. The van der Waals surface area contributed by atoms with Crippen molar-refractivity contribution < 1.29 is 10.9 Å². The molecule has 0 radical (unpaired) electrons. The van der Waals surface area contributed by atoms with E-state index in [9.17, 15) is 4.79 Å². The number of fused-ring (bicyclic) bond motifs is 1. The number of piperidine rings is 1. The van der Waals surface area contributed by atoms with Crippen LogP contribution in [0.2, 0.25) is 0 Å². The van der Waals surface area contributed by atoms with E-state index in [0.717, 1.165) is 60.6 Å². The predicted octanol–water partition coefficient (Wildman–Crippen LogP) is 5.46. The third kappa shape index (κ3) is 4.83. The van der Waals surface area contributed by atoms with Crippen molar-refractivity contribution in [3.63, 3.8) is 0 Å². The summed E-state index contributed by atoms with van der Waals surface area (Å²) in [5, 5.41) is 9.27. The molecule has 2 amide bonds. The number of aromatic nitrogens is 3. The number of likely N-dealkylation sites (tertiary alicyclic amines) is 1. The maximum atomic E-state index is 12.1. The van der Waals surface area contributed by atoms with Crippen molar-refractivity contribution in [3.8, 4) is 11.5 Å². The molecule has 0 spiro atoms. The van der Waals surface area contributed by atoms with E-state index in [0.29, 0.717) is 12.0 Å². The first-order chi connectivity index (χ1) is 16.6. The summed E-state index contributed by atoms with van der Waals surface area (Å²) in [6.07, 6.45) is 5.15. The minimum atomic E-state index is 0. The van der Waals surface area contributed by atoms with Crippen LogP contribution in [0.5, 0.6) is 0 Å². The number of pyridine rings is 1. The number of carbonyl (C=O) groups excluding carboxylic acids is 1. The second-order valence-corrected chi connectivity index (χ2v) is 9.35. The first-order valence-corrected chi connectivity index (χ1v) is 12.0. The van der Waals surface area contributed by atoms with Crippen molar-refractivity contribution in [1.29, 1.82) is 0 Å². The average Bonchev–Trinajstić information content (AvgIpc) is 3.64. The third-order valence-corrected chi connectivity index (χ3v) is 6.83. The molecule has 34 heavy (non-hydrogen) atoms. The molecule has 4 aromatic rings. The van der Waals surface area contributed by atoms with E-state index in [-0.39, 0.29) is 7.46 Å². The van der Waals surface area contributed by atoms with E-state index in [1.807, 2.05) is 42.3 Å². The molecule has 2 aromatic heterocycles. The number of nitrogens with zero attached hydrogens (tertiary/aromatic N) is 4. The monoisotopic (exact) mass is 459 g/mol. The van der Waals surface area contributed by atoms with E-state index in [1.165, 1.54) is 5.56 Å². The van der Waals surface area contributed by atoms with Crippen LogP contribution >= 0.6 is 0 Å². The largest absolute Gasteiger partial charge is 0.335 e. The second-order valence-electron chi connectivity index (χ2n) is 9.35. The van der Waals surface area contributed by atoms with Gasteiger partial charge in [-0.15, -0.1) is 0 Å². The van der Waals surface area contributed by atoms with Crippen molar-refractivity contribution >= 4 is 16.8 Å². The summed E-state index contributed by atoms with van der Waals surface area (Å²) >= 11 is 0. The Morgan fingerprint density at radius 1 is 1.06 bits per heavy atom. The Morgan fingerprint density at radius 3 is 2.50 bits per heavy atom. The lowest BCUT2D eigenvalue weighted by Crippen LogP contribution is -2.45. The van der Waals surface area contributed by atoms with Crippen LogP contribution in [0.15, 0.2) is 71.5 Å². The summed E-state index contributed by atoms with van der Waals surface area (Å²) in [6, 6.07) is 21.0. The first kappa shape index (κ1) is 22.2. The third-order valence-electron chi connectivity index (χ3n) is 6.83. The molecule has 7 heteroatoms. The first-order valence-electron chi connectivity index (χ1n) is 12.0. The molecule has 2 atom stereocenters. The summed E-state index contributed by atoms with van der Waals surface area (Å²) < 4.78 is 6.43. The molecule has 2 aromatic carbocycles. The molecule has 3 heterocycles. The standard InChI is InChI=1S/C16H22N2O.C11H9N3O.H2/c1-12-7-9-18(10-8-12)16(19)17-15-11-14(15)13-5-3-2-4-6-13;1-14-11(13-15-14)10-9-5-3-2-4-8(9)6-7-12-10;/h2-6,12,14-15H,7-11H2,1H3,(H,17,19);2-7H,1H3;1H. The van der Waals surface area contributed by atoms with Gasteiger partial charge >= 0.3 is 6.03 Å². The number of urea groups is 1. The highest BCUT2D eigenvalue weighted by atomic mass is 16.6. The van der Waals surface area contributed by atoms with Crippen LogP contribution in [0.25, 0.3) is 22.3 Å². The summed E-state index contributed by atoms with van der Waals surface area (Å²) in [7, 11) is 1.81. The van der Waals surface area contributed by atoms with Crippen molar-refractivity contribution in [2.75, 3.05) is 13.1 Å². The number of hydrogen-bond acceptors (Lipinski definition) is 4. The Bertz CT molecular complexity index is 1240. The molecule has 0 bridgehead atoms. The van der Waals surface area contributed by atoms with Crippen LogP contribution in [-0.4, -0.2) is 44.9 Å². The highest BCUT2D eigenvalue weighted by molar-refractivity contribution is 5.92. The average molecular weight is 460 g/mol. The molecule has 1 aliphatic heterocycles. The number of aryl methyl sites for hydroxylation is 1. The normalized spacial score (nSPS) is 20.0. The maximum absolute atomic E-state index is 12.1. The highest BCUT2D eigenvalue weighted by Crippen LogP contribution is 2.40. The maximum Gasteiger partial charge on any atom is 0.317 e. The number of amides is 2. The molecule has 1 N–H and O–H groups in total. The summed E-state index contributed by atoms with van der Waals surface area (Å²) in [4.78, 5) is 18.4. The van der Waals surface area contributed by atoms with Gasteiger partial charge in [0.2, 0.25) is 5.82 Å². The fourth-order valence-corrected chi connectivity index (χ4v) is 4.54. The van der Waals surface area contributed by atoms with Gasteiger partial charge in [-0.05, 0) is 47.4 Å². The molecule has 2 aliphatic rings. The SMILES string of the molecule is CC1CCN(C(=O)NC2CC2c2ccccc2)CC1.Cn1onc1-c1nccc2ccccc12.[HH]. The molecular formula is C27H33N5O2. The van der Waals surface area contributed by atoms with E-state index >= 15 is 0 Å². The molecule has 2 fully saturated rings. The predicted molar refractivity (Wildman–Crippen MR) is 134 cm³/mol. The lowest BCUT2D eigenvalue weighted by atomic mass is 10.00. The van der Waals surface area contributed by atoms with E-state index < -0.39 is 0 Å². The lowest BCUT2D eigenvalue weighted by molar-refractivity contribution is 0.145. The van der Waals surface area contributed by atoms with Gasteiger partial charge in [0.05, 0.1) is 0 Å². The van der Waals surface area contributed by atoms with Crippen LogP contribution in [-0.2, 0) is 7.05 Å². The van der Waals surface area contributed by atoms with E-state index in [1.54, 1.807) is 10.9 Å². The van der Waals surface area contributed by atoms with E-state index in [4.69, 9.17) is 4.63 Å². The van der Waals surface area contributed by atoms with Crippen LogP contribution in [0, 0.1) is 5.92 Å². The van der Waals surface area contributed by atoms with Crippen molar-refractivity contribution in [2.24, 2.45) is 13.0 Å². The number of nitrogens with one attached hydrogen (secondary N) is 1. The van der Waals surface area contributed by atoms with Gasteiger partial charge in [0.15, 0.2) is 0 Å². The molecule has 1 saturated carbocycles. The zero-order valence-electron chi connectivity index (χ0n) is 19.7. The zero-order valence-corrected chi connectivity index (χ0v) is 19.7. The van der Waals surface area contributed by atoms with Crippen LogP contribution < -0.4 is 5.32 Å². The van der Waals surface area contributed by atoms with E-state index in [2.05, 4.69) is 52.7 Å². The minimum absolute atomic E-state index is 0. The summed E-state index contributed by atoms with van der Waals surface area (Å²) in [6.45, 7) is 4.09. The quantitative estimate of drug-likeness (QED) is 0.441.